The molecule has 15 heavy (non-hydrogen) atoms. The Morgan fingerprint density at radius 2 is 1.93 bits per heavy atom. The van der Waals surface area contributed by atoms with E-state index < -0.39 is 0 Å². The standard InChI is InChI=1S/C12H17O2.Li/c1-11(9-14-10-13-2)8-12-6-4-3-5-7-12;/h3-7,9,11H,8,10H2,1-2H3;/q-1;+1/t11-;/m1./s1. The first-order valence-electron chi connectivity index (χ1n) is 4.80. The quantitative estimate of drug-likeness (QED) is 0.270. The van der Waals surface area contributed by atoms with Crippen molar-refractivity contribution in [1.82, 2.24) is 0 Å². The van der Waals surface area contributed by atoms with Gasteiger partial charge in [0, 0.05) is 7.11 Å². The van der Waals surface area contributed by atoms with Gasteiger partial charge in [-0.05, 0) is 0 Å². The molecular formula is C12H17LiO2. The van der Waals surface area contributed by atoms with E-state index in [-0.39, 0.29) is 18.9 Å². The van der Waals surface area contributed by atoms with Crippen LogP contribution in [-0.2, 0) is 15.9 Å². The maximum Gasteiger partial charge on any atom is 1.00 e. The first-order chi connectivity index (χ1) is 6.83. The second-order valence-corrected chi connectivity index (χ2v) is 3.38. The van der Waals surface area contributed by atoms with Crippen LogP contribution in [0.3, 0.4) is 0 Å². The fourth-order valence-electron chi connectivity index (χ4n) is 1.31. The molecule has 0 fully saturated rings. The maximum absolute atomic E-state index is 5.17. The minimum atomic E-state index is 0. The molecule has 2 nitrogen and oxygen atoms in total. The molecule has 3 heteroatoms. The Labute approximate surface area is 104 Å². The molecule has 78 valence electrons. The molecule has 0 aliphatic carbocycles. The fraction of sp³-hybridized carbons (Fsp3) is 0.417. The van der Waals surface area contributed by atoms with Crippen LogP contribution in [0.5, 0.6) is 0 Å². The van der Waals surface area contributed by atoms with E-state index in [4.69, 9.17) is 9.47 Å². The van der Waals surface area contributed by atoms with Crippen LogP contribution in [0, 0.1) is 12.5 Å². The maximum atomic E-state index is 5.17. The number of benzene rings is 1. The molecule has 0 N–H and O–H groups in total. The van der Waals surface area contributed by atoms with Gasteiger partial charge in [0.1, 0.15) is 6.79 Å². The molecule has 0 unspecified atom stereocenters. The molecule has 0 heterocycles. The predicted octanol–water partition coefficient (Wildman–Crippen LogP) is -0.349. The zero-order chi connectivity index (χ0) is 10.2. The largest absolute Gasteiger partial charge is 1.00 e. The van der Waals surface area contributed by atoms with Gasteiger partial charge in [-0.15, -0.1) is 5.92 Å². The van der Waals surface area contributed by atoms with Crippen LogP contribution in [0.25, 0.3) is 0 Å². The van der Waals surface area contributed by atoms with Crippen molar-refractivity contribution in [3.8, 4) is 0 Å². The third kappa shape index (κ3) is 6.76. The fourth-order valence-corrected chi connectivity index (χ4v) is 1.31. The van der Waals surface area contributed by atoms with Crippen LogP contribution < -0.4 is 18.9 Å². The molecule has 0 aliphatic rings. The van der Waals surface area contributed by atoms with Gasteiger partial charge in [-0.25, -0.2) is 6.61 Å². The molecule has 0 amide bonds. The Morgan fingerprint density at radius 3 is 2.53 bits per heavy atom. The second kappa shape index (κ2) is 9.00. The van der Waals surface area contributed by atoms with Crippen LogP contribution in [0.4, 0.5) is 0 Å². The van der Waals surface area contributed by atoms with E-state index in [1.165, 1.54) is 5.56 Å². The molecule has 0 bridgehead atoms. The van der Waals surface area contributed by atoms with E-state index in [1.807, 2.05) is 12.7 Å². The Bertz CT molecular complexity index is 239. The van der Waals surface area contributed by atoms with Crippen molar-refractivity contribution in [3.05, 3.63) is 42.5 Å². The van der Waals surface area contributed by atoms with Gasteiger partial charge >= 0.3 is 18.9 Å². The second-order valence-electron chi connectivity index (χ2n) is 3.38. The zero-order valence-electron chi connectivity index (χ0n) is 9.77. The van der Waals surface area contributed by atoms with Gasteiger partial charge in [-0.1, -0.05) is 49.2 Å². The Morgan fingerprint density at radius 1 is 1.27 bits per heavy atom. The van der Waals surface area contributed by atoms with Gasteiger partial charge in [-0.3, -0.25) is 0 Å². The molecular weight excluding hydrogens is 183 g/mol. The van der Waals surface area contributed by atoms with Crippen LogP contribution in [0.1, 0.15) is 12.5 Å². The molecule has 1 aromatic carbocycles. The molecule has 1 rings (SSSR count). The molecule has 1 atom stereocenters. The van der Waals surface area contributed by atoms with Crippen molar-refractivity contribution in [3.63, 3.8) is 0 Å². The van der Waals surface area contributed by atoms with Gasteiger partial charge < -0.3 is 9.47 Å². The molecule has 0 saturated heterocycles. The Hall–Kier alpha value is -0.263. The normalized spacial score (nSPS) is 11.9. The van der Waals surface area contributed by atoms with Gasteiger partial charge in [0.15, 0.2) is 0 Å². The van der Waals surface area contributed by atoms with Gasteiger partial charge in [0.25, 0.3) is 0 Å². The van der Waals surface area contributed by atoms with Gasteiger partial charge in [-0.2, -0.15) is 0 Å². The van der Waals surface area contributed by atoms with Crippen molar-refractivity contribution < 1.29 is 28.3 Å². The van der Waals surface area contributed by atoms with Crippen molar-refractivity contribution in [2.24, 2.45) is 5.92 Å². The van der Waals surface area contributed by atoms with Crippen molar-refractivity contribution in [2.75, 3.05) is 13.9 Å². The monoisotopic (exact) mass is 200 g/mol. The summed E-state index contributed by atoms with van der Waals surface area (Å²) in [5.41, 5.74) is 1.33. The van der Waals surface area contributed by atoms with Crippen LogP contribution in [0.15, 0.2) is 30.3 Å². The summed E-state index contributed by atoms with van der Waals surface area (Å²) in [4.78, 5) is 0. The number of rotatable bonds is 6. The van der Waals surface area contributed by atoms with Crippen LogP contribution in [0.2, 0.25) is 0 Å². The van der Waals surface area contributed by atoms with E-state index in [0.29, 0.717) is 12.7 Å². The molecule has 0 aromatic heterocycles. The number of hydrogen-bond donors (Lipinski definition) is 0. The average molecular weight is 200 g/mol. The van der Waals surface area contributed by atoms with Crippen molar-refractivity contribution in [2.45, 2.75) is 13.3 Å². The average Bonchev–Trinajstić information content (AvgIpc) is 2.20. The van der Waals surface area contributed by atoms with E-state index in [0.717, 1.165) is 6.42 Å². The zero-order valence-corrected chi connectivity index (χ0v) is 9.77. The summed E-state index contributed by atoms with van der Waals surface area (Å²) in [5, 5.41) is 0. The Balaban J connectivity index is 0.00000196. The summed E-state index contributed by atoms with van der Waals surface area (Å²) >= 11 is 0. The third-order valence-electron chi connectivity index (χ3n) is 1.91. The molecule has 0 radical (unpaired) electrons. The first kappa shape index (κ1) is 14.7. The SMILES string of the molecule is COCO[CH-][C@H](C)Cc1ccccc1.[Li+]. The van der Waals surface area contributed by atoms with Gasteiger partial charge in [0.2, 0.25) is 0 Å². The topological polar surface area (TPSA) is 18.5 Å². The van der Waals surface area contributed by atoms with Crippen molar-refractivity contribution >= 4 is 0 Å². The van der Waals surface area contributed by atoms with Crippen LogP contribution in [-0.4, -0.2) is 13.9 Å². The summed E-state index contributed by atoms with van der Waals surface area (Å²) in [6.07, 6.45) is 1.00. The summed E-state index contributed by atoms with van der Waals surface area (Å²) in [7, 11) is 1.62. The third-order valence-corrected chi connectivity index (χ3v) is 1.91. The summed E-state index contributed by atoms with van der Waals surface area (Å²) in [5.74, 6) is 0.410. The van der Waals surface area contributed by atoms with E-state index in [9.17, 15) is 0 Å². The van der Waals surface area contributed by atoms with E-state index >= 15 is 0 Å². The summed E-state index contributed by atoms with van der Waals surface area (Å²) < 4.78 is 9.96. The van der Waals surface area contributed by atoms with Crippen molar-refractivity contribution in [1.29, 1.82) is 0 Å². The minimum Gasteiger partial charge on any atom is -0.532 e. The van der Waals surface area contributed by atoms with E-state index in [2.05, 4.69) is 31.2 Å². The van der Waals surface area contributed by atoms with Crippen LogP contribution >= 0.6 is 0 Å². The van der Waals surface area contributed by atoms with E-state index in [1.54, 1.807) is 7.11 Å². The predicted molar refractivity (Wildman–Crippen MR) is 56.6 cm³/mol. The molecule has 0 aliphatic heterocycles. The first-order valence-corrected chi connectivity index (χ1v) is 4.80. The molecule has 0 saturated carbocycles. The summed E-state index contributed by atoms with van der Waals surface area (Å²) in [6, 6.07) is 10.4. The smallest absolute Gasteiger partial charge is 0.532 e. The van der Waals surface area contributed by atoms with Gasteiger partial charge in [0.05, 0.1) is 0 Å². The number of hydrogen-bond acceptors (Lipinski definition) is 2. The minimum absolute atomic E-state index is 0. The molecule has 0 spiro atoms. The molecule has 1 aromatic rings. The Kier molecular flexibility index (Phi) is 8.84. The number of methoxy groups -OCH3 is 1. The summed E-state index contributed by atoms with van der Waals surface area (Å²) in [6.45, 7) is 4.29. The number of ether oxygens (including phenoxy) is 2.